The number of hydrogen-bond donors (Lipinski definition) is 0. The van der Waals surface area contributed by atoms with Crippen molar-refractivity contribution in [2.24, 2.45) is 0 Å². The molecule has 102 valence electrons. The maximum atomic E-state index is 11.2. The van der Waals surface area contributed by atoms with Crippen LogP contribution in [-0.4, -0.2) is 23.4 Å². The van der Waals surface area contributed by atoms with Crippen molar-refractivity contribution in [2.75, 3.05) is 0 Å². The molecule has 0 fully saturated rings. The van der Waals surface area contributed by atoms with Gasteiger partial charge in [0, 0.05) is 12.1 Å². The summed E-state index contributed by atoms with van der Waals surface area (Å²) in [5.41, 5.74) is 0. The predicted molar refractivity (Wildman–Crippen MR) is 75.1 cm³/mol. The molecule has 0 bridgehead atoms. The van der Waals surface area contributed by atoms with Gasteiger partial charge in [0.15, 0.2) is 0 Å². The Morgan fingerprint density at radius 1 is 0.882 bits per heavy atom. The molecule has 0 spiro atoms. The Labute approximate surface area is 108 Å². The summed E-state index contributed by atoms with van der Waals surface area (Å²) in [6.45, 7) is 8.80. The fraction of sp³-hybridized carbons (Fsp3) is 0.933. The van der Waals surface area contributed by atoms with Gasteiger partial charge in [-0.25, -0.2) is 0 Å². The lowest BCUT2D eigenvalue weighted by molar-refractivity contribution is -0.122. The summed E-state index contributed by atoms with van der Waals surface area (Å²) >= 11 is 0. The summed E-state index contributed by atoms with van der Waals surface area (Å²) in [5, 5.41) is 0. The minimum Gasteiger partial charge on any atom is -0.340 e. The Bertz CT molecular complexity index is 166. The third kappa shape index (κ3) is 7.40. The van der Waals surface area contributed by atoms with Gasteiger partial charge in [0.25, 0.3) is 0 Å². The molecule has 0 aromatic carbocycles. The van der Waals surface area contributed by atoms with E-state index < -0.39 is 0 Å². The van der Waals surface area contributed by atoms with E-state index in [1.165, 1.54) is 38.5 Å². The molecule has 0 aliphatic carbocycles. The van der Waals surface area contributed by atoms with E-state index in [1.54, 1.807) is 0 Å². The standard InChI is InChI=1S/C15H31NO/c1-5-7-9-11-14(3)16(13-17)15(4)12-10-8-6-2/h13-15H,5-12H2,1-4H3. The largest absolute Gasteiger partial charge is 0.340 e. The molecule has 0 aromatic heterocycles. The first kappa shape index (κ1) is 16.5. The number of rotatable bonds is 11. The second-order valence-electron chi connectivity index (χ2n) is 5.24. The molecule has 2 nitrogen and oxygen atoms in total. The number of nitrogens with zero attached hydrogens (tertiary/aromatic N) is 1. The van der Waals surface area contributed by atoms with Gasteiger partial charge < -0.3 is 4.90 Å². The Kier molecular flexibility index (Phi) is 10.3. The van der Waals surface area contributed by atoms with Crippen molar-refractivity contribution in [3.8, 4) is 0 Å². The summed E-state index contributed by atoms with van der Waals surface area (Å²) < 4.78 is 0. The third-order valence-corrected chi connectivity index (χ3v) is 3.59. The van der Waals surface area contributed by atoms with E-state index in [0.29, 0.717) is 12.1 Å². The maximum absolute atomic E-state index is 11.2. The summed E-state index contributed by atoms with van der Waals surface area (Å²) in [7, 11) is 0. The van der Waals surface area contributed by atoms with Crippen LogP contribution in [0.25, 0.3) is 0 Å². The SMILES string of the molecule is CCCCCC(C)N(C=O)C(C)CCCCC. The zero-order valence-electron chi connectivity index (χ0n) is 12.2. The molecule has 0 saturated heterocycles. The number of unbranched alkanes of at least 4 members (excludes halogenated alkanes) is 4. The first-order valence-electron chi connectivity index (χ1n) is 7.40. The van der Waals surface area contributed by atoms with E-state index in [2.05, 4.69) is 27.7 Å². The Morgan fingerprint density at radius 3 is 1.59 bits per heavy atom. The van der Waals surface area contributed by atoms with Gasteiger partial charge >= 0.3 is 0 Å². The molecule has 17 heavy (non-hydrogen) atoms. The van der Waals surface area contributed by atoms with Gasteiger partial charge in [-0.1, -0.05) is 52.4 Å². The number of carbonyl (C=O) groups excluding carboxylic acids is 1. The van der Waals surface area contributed by atoms with E-state index in [0.717, 1.165) is 19.3 Å². The fourth-order valence-corrected chi connectivity index (χ4v) is 2.32. The van der Waals surface area contributed by atoms with Gasteiger partial charge in [-0.15, -0.1) is 0 Å². The maximum Gasteiger partial charge on any atom is 0.210 e. The molecule has 2 atom stereocenters. The highest BCUT2D eigenvalue weighted by Crippen LogP contribution is 2.15. The van der Waals surface area contributed by atoms with E-state index in [-0.39, 0.29) is 0 Å². The van der Waals surface area contributed by atoms with Crippen LogP contribution < -0.4 is 0 Å². The Balaban J connectivity index is 3.96. The quantitative estimate of drug-likeness (QED) is 0.388. The normalized spacial score (nSPS) is 14.4. The van der Waals surface area contributed by atoms with Crippen LogP contribution in [-0.2, 0) is 4.79 Å². The molecule has 0 heterocycles. The van der Waals surface area contributed by atoms with Crippen LogP contribution in [0.4, 0.5) is 0 Å². The van der Waals surface area contributed by atoms with Crippen molar-refractivity contribution < 1.29 is 4.79 Å². The molecule has 2 heteroatoms. The molecule has 0 radical (unpaired) electrons. The molecule has 0 aliphatic rings. The molecule has 0 N–H and O–H groups in total. The number of hydrogen-bond acceptors (Lipinski definition) is 1. The van der Waals surface area contributed by atoms with Crippen molar-refractivity contribution in [3.05, 3.63) is 0 Å². The molecular formula is C15H31NO. The zero-order chi connectivity index (χ0) is 13.1. The Hall–Kier alpha value is -0.530. The van der Waals surface area contributed by atoms with Crippen molar-refractivity contribution in [1.29, 1.82) is 0 Å². The Morgan fingerprint density at radius 2 is 1.29 bits per heavy atom. The second-order valence-corrected chi connectivity index (χ2v) is 5.24. The third-order valence-electron chi connectivity index (χ3n) is 3.59. The summed E-state index contributed by atoms with van der Waals surface area (Å²) in [6, 6.07) is 0.798. The van der Waals surface area contributed by atoms with E-state index in [1.807, 2.05) is 4.90 Å². The van der Waals surface area contributed by atoms with Crippen LogP contribution in [0.1, 0.15) is 79.1 Å². The average Bonchev–Trinajstić information content (AvgIpc) is 2.30. The lowest BCUT2D eigenvalue weighted by atomic mass is 10.0. The van der Waals surface area contributed by atoms with Crippen LogP contribution in [0.2, 0.25) is 0 Å². The van der Waals surface area contributed by atoms with E-state index in [4.69, 9.17) is 0 Å². The second kappa shape index (κ2) is 10.6. The van der Waals surface area contributed by atoms with Crippen molar-refractivity contribution in [3.63, 3.8) is 0 Å². The van der Waals surface area contributed by atoms with Crippen LogP contribution in [0, 0.1) is 0 Å². The molecular weight excluding hydrogens is 210 g/mol. The van der Waals surface area contributed by atoms with Crippen molar-refractivity contribution >= 4 is 6.41 Å². The smallest absolute Gasteiger partial charge is 0.210 e. The van der Waals surface area contributed by atoms with E-state index in [9.17, 15) is 4.79 Å². The van der Waals surface area contributed by atoms with Crippen molar-refractivity contribution in [1.82, 2.24) is 4.90 Å². The first-order chi connectivity index (χ1) is 8.17. The van der Waals surface area contributed by atoms with Gasteiger partial charge in [-0.2, -0.15) is 0 Å². The van der Waals surface area contributed by atoms with Crippen LogP contribution in [0.3, 0.4) is 0 Å². The van der Waals surface area contributed by atoms with E-state index >= 15 is 0 Å². The topological polar surface area (TPSA) is 20.3 Å². The minimum absolute atomic E-state index is 0.399. The van der Waals surface area contributed by atoms with Gasteiger partial charge in [-0.05, 0) is 26.7 Å². The number of carbonyl (C=O) groups is 1. The first-order valence-corrected chi connectivity index (χ1v) is 7.40. The molecule has 0 rings (SSSR count). The van der Waals surface area contributed by atoms with Gasteiger partial charge in [0.2, 0.25) is 6.41 Å². The summed E-state index contributed by atoms with van der Waals surface area (Å²) in [5.74, 6) is 0. The highest BCUT2D eigenvalue weighted by molar-refractivity contribution is 5.48. The summed E-state index contributed by atoms with van der Waals surface area (Å²) in [4.78, 5) is 13.2. The highest BCUT2D eigenvalue weighted by Gasteiger charge is 2.17. The van der Waals surface area contributed by atoms with Crippen molar-refractivity contribution in [2.45, 2.75) is 91.1 Å². The van der Waals surface area contributed by atoms with Crippen LogP contribution in [0.5, 0.6) is 0 Å². The lowest BCUT2D eigenvalue weighted by Gasteiger charge is -2.31. The predicted octanol–water partition coefficient (Wildman–Crippen LogP) is 4.38. The molecule has 1 amide bonds. The molecule has 2 unspecified atom stereocenters. The number of amides is 1. The van der Waals surface area contributed by atoms with Gasteiger partial charge in [0.05, 0.1) is 0 Å². The molecule has 0 aromatic rings. The van der Waals surface area contributed by atoms with Crippen LogP contribution >= 0.6 is 0 Å². The monoisotopic (exact) mass is 241 g/mol. The van der Waals surface area contributed by atoms with Crippen LogP contribution in [0.15, 0.2) is 0 Å². The molecule has 0 saturated carbocycles. The zero-order valence-corrected chi connectivity index (χ0v) is 12.2. The fourth-order valence-electron chi connectivity index (χ4n) is 2.32. The lowest BCUT2D eigenvalue weighted by Crippen LogP contribution is -2.39. The average molecular weight is 241 g/mol. The minimum atomic E-state index is 0.399. The van der Waals surface area contributed by atoms with Gasteiger partial charge in [-0.3, -0.25) is 4.79 Å². The molecule has 0 aliphatic heterocycles. The van der Waals surface area contributed by atoms with Gasteiger partial charge in [0.1, 0.15) is 0 Å². The highest BCUT2D eigenvalue weighted by atomic mass is 16.1. The summed E-state index contributed by atoms with van der Waals surface area (Å²) in [6.07, 6.45) is 10.9.